The Balaban J connectivity index is 2.35. The molecule has 0 aromatic heterocycles. The Morgan fingerprint density at radius 1 is 0.583 bits per heavy atom. The Bertz CT molecular complexity index is 994. The highest BCUT2D eigenvalue weighted by Gasteiger charge is 2.16. The summed E-state index contributed by atoms with van der Waals surface area (Å²) in [6.45, 7) is 0. The molecule has 0 saturated carbocycles. The van der Waals surface area contributed by atoms with Gasteiger partial charge in [0.2, 0.25) is 0 Å². The van der Waals surface area contributed by atoms with Crippen molar-refractivity contribution in [3.8, 4) is 40.5 Å². The summed E-state index contributed by atoms with van der Waals surface area (Å²) in [6, 6.07) is 26.8. The van der Waals surface area contributed by atoms with E-state index in [1.165, 1.54) is 12.1 Å². The maximum Gasteiger partial charge on any atom is 0.0999 e. The van der Waals surface area contributed by atoms with Gasteiger partial charge in [0.05, 0.1) is 34.9 Å². The summed E-state index contributed by atoms with van der Waals surface area (Å²) >= 11 is 0. The van der Waals surface area contributed by atoms with Crippen molar-refractivity contribution in [1.29, 1.82) is 15.8 Å². The molecule has 0 radical (unpaired) electrons. The van der Waals surface area contributed by atoms with E-state index in [2.05, 4.69) is 12.1 Å². The molecule has 0 amide bonds. The van der Waals surface area contributed by atoms with Gasteiger partial charge in [0.15, 0.2) is 0 Å². The van der Waals surface area contributed by atoms with Crippen molar-refractivity contribution in [2.75, 3.05) is 0 Å². The Kier molecular flexibility index (Phi) is 4.07. The molecular formula is C21H11N3. The van der Waals surface area contributed by atoms with E-state index < -0.39 is 0 Å². The van der Waals surface area contributed by atoms with Crippen molar-refractivity contribution in [3.05, 3.63) is 83.4 Å². The fourth-order valence-corrected chi connectivity index (χ4v) is 2.74. The van der Waals surface area contributed by atoms with Crippen LogP contribution in [0.5, 0.6) is 0 Å². The summed E-state index contributed by atoms with van der Waals surface area (Å²) < 4.78 is 0. The van der Waals surface area contributed by atoms with Crippen molar-refractivity contribution < 1.29 is 0 Å². The number of benzene rings is 3. The molecule has 0 bridgehead atoms. The molecule has 0 spiro atoms. The molecule has 0 N–H and O–H groups in total. The highest BCUT2D eigenvalue weighted by Crippen LogP contribution is 2.36. The zero-order chi connectivity index (χ0) is 16.9. The zero-order valence-corrected chi connectivity index (χ0v) is 12.7. The molecule has 0 aliphatic rings. The van der Waals surface area contributed by atoms with Crippen LogP contribution in [-0.2, 0) is 0 Å². The van der Waals surface area contributed by atoms with Crippen molar-refractivity contribution in [1.82, 2.24) is 0 Å². The van der Waals surface area contributed by atoms with Gasteiger partial charge in [-0.25, -0.2) is 0 Å². The van der Waals surface area contributed by atoms with E-state index in [9.17, 15) is 10.5 Å². The molecule has 0 unspecified atom stereocenters. The van der Waals surface area contributed by atoms with E-state index in [4.69, 9.17) is 5.26 Å². The van der Waals surface area contributed by atoms with Gasteiger partial charge in [-0.2, -0.15) is 15.8 Å². The fraction of sp³-hybridized carbons (Fsp3) is 0. The molecule has 3 rings (SSSR count). The van der Waals surface area contributed by atoms with Crippen LogP contribution in [0.2, 0.25) is 0 Å². The second-order valence-electron chi connectivity index (χ2n) is 5.19. The van der Waals surface area contributed by atoms with Gasteiger partial charge in [0, 0.05) is 5.56 Å². The zero-order valence-electron chi connectivity index (χ0n) is 12.7. The summed E-state index contributed by atoms with van der Waals surface area (Å²) in [5, 5.41) is 28.1. The molecule has 0 aliphatic heterocycles. The van der Waals surface area contributed by atoms with Crippen molar-refractivity contribution in [2.45, 2.75) is 0 Å². The smallest absolute Gasteiger partial charge is 0.0999 e. The third-order valence-corrected chi connectivity index (χ3v) is 3.79. The average Bonchev–Trinajstić information content (AvgIpc) is 2.67. The van der Waals surface area contributed by atoms with Crippen LogP contribution in [0, 0.1) is 34.0 Å². The van der Waals surface area contributed by atoms with Crippen LogP contribution in [0.4, 0.5) is 0 Å². The summed E-state index contributed by atoms with van der Waals surface area (Å²) in [6.07, 6.45) is 0. The molecule has 24 heavy (non-hydrogen) atoms. The highest BCUT2D eigenvalue weighted by molar-refractivity contribution is 5.89. The monoisotopic (exact) mass is 305 g/mol. The average molecular weight is 305 g/mol. The van der Waals surface area contributed by atoms with Gasteiger partial charge in [-0.1, -0.05) is 54.6 Å². The molecule has 0 atom stereocenters. The Hall–Kier alpha value is -3.87. The normalized spacial score (nSPS) is 9.54. The lowest BCUT2D eigenvalue weighted by molar-refractivity contribution is 1.41. The first-order valence-electron chi connectivity index (χ1n) is 7.31. The van der Waals surface area contributed by atoms with Crippen molar-refractivity contribution in [3.63, 3.8) is 0 Å². The van der Waals surface area contributed by atoms with Gasteiger partial charge in [-0.3, -0.25) is 0 Å². The highest BCUT2D eigenvalue weighted by atomic mass is 14.3. The molecule has 3 nitrogen and oxygen atoms in total. The third-order valence-electron chi connectivity index (χ3n) is 3.79. The molecule has 0 fully saturated rings. The quantitative estimate of drug-likeness (QED) is 0.692. The Morgan fingerprint density at radius 2 is 1.12 bits per heavy atom. The van der Waals surface area contributed by atoms with E-state index in [0.717, 1.165) is 16.7 Å². The van der Waals surface area contributed by atoms with E-state index >= 15 is 0 Å². The van der Waals surface area contributed by atoms with Crippen LogP contribution in [0.25, 0.3) is 22.3 Å². The van der Waals surface area contributed by atoms with Gasteiger partial charge in [0.1, 0.15) is 0 Å². The van der Waals surface area contributed by atoms with Crippen LogP contribution in [0.3, 0.4) is 0 Å². The lowest BCUT2D eigenvalue weighted by Crippen LogP contribution is -1.94. The fourth-order valence-electron chi connectivity index (χ4n) is 2.74. The Labute approximate surface area is 140 Å². The van der Waals surface area contributed by atoms with Crippen LogP contribution in [0.15, 0.2) is 66.7 Å². The lowest BCUT2D eigenvalue weighted by atomic mass is 9.88. The minimum absolute atomic E-state index is 0.309. The summed E-state index contributed by atoms with van der Waals surface area (Å²) in [5.41, 5.74) is 4.28. The molecule has 0 aliphatic carbocycles. The van der Waals surface area contributed by atoms with E-state index in [1.54, 1.807) is 0 Å². The van der Waals surface area contributed by atoms with Gasteiger partial charge in [-0.15, -0.1) is 0 Å². The van der Waals surface area contributed by atoms with Gasteiger partial charge in [-0.05, 0) is 28.8 Å². The van der Waals surface area contributed by atoms with Gasteiger partial charge >= 0.3 is 0 Å². The second kappa shape index (κ2) is 6.49. The summed E-state index contributed by atoms with van der Waals surface area (Å²) in [4.78, 5) is 0. The van der Waals surface area contributed by atoms with Crippen LogP contribution in [0.1, 0.15) is 16.7 Å². The molecule has 3 aromatic carbocycles. The van der Waals surface area contributed by atoms with E-state index in [1.807, 2.05) is 60.7 Å². The minimum atomic E-state index is 0.309. The van der Waals surface area contributed by atoms with Crippen LogP contribution < -0.4 is 0 Å². The molecule has 110 valence electrons. The predicted molar refractivity (Wildman–Crippen MR) is 91.5 cm³/mol. The summed E-state index contributed by atoms with van der Waals surface area (Å²) in [5.74, 6) is 0. The van der Waals surface area contributed by atoms with Crippen LogP contribution >= 0.6 is 0 Å². The molecule has 3 aromatic rings. The lowest BCUT2D eigenvalue weighted by Gasteiger charge is -2.13. The van der Waals surface area contributed by atoms with Crippen molar-refractivity contribution in [2.24, 2.45) is 0 Å². The topological polar surface area (TPSA) is 71.4 Å². The SMILES string of the molecule is N#Cc1cc(C#N)c(-c2ccccc2-c2ccccc2)c(C#N)c1. The number of nitrogens with zero attached hydrogens (tertiary/aromatic N) is 3. The first-order chi connectivity index (χ1) is 11.8. The molecular weight excluding hydrogens is 294 g/mol. The van der Waals surface area contributed by atoms with Gasteiger partial charge in [0.25, 0.3) is 0 Å². The van der Waals surface area contributed by atoms with E-state index in [-0.39, 0.29) is 0 Å². The minimum Gasteiger partial charge on any atom is -0.192 e. The third kappa shape index (κ3) is 2.61. The molecule has 3 heteroatoms. The van der Waals surface area contributed by atoms with Crippen molar-refractivity contribution >= 4 is 0 Å². The summed E-state index contributed by atoms with van der Waals surface area (Å²) in [7, 11) is 0. The predicted octanol–water partition coefficient (Wildman–Crippen LogP) is 4.64. The molecule has 0 heterocycles. The van der Waals surface area contributed by atoms with Gasteiger partial charge < -0.3 is 0 Å². The maximum absolute atomic E-state index is 9.51. The first kappa shape index (κ1) is 15.0. The number of nitriles is 3. The van der Waals surface area contributed by atoms with E-state index in [0.29, 0.717) is 22.3 Å². The Morgan fingerprint density at radius 3 is 1.67 bits per heavy atom. The first-order valence-corrected chi connectivity index (χ1v) is 7.31. The number of rotatable bonds is 2. The standard InChI is InChI=1S/C21H11N3/c22-12-15-10-17(13-23)21(18(11-15)14-24)20-9-5-4-8-19(20)16-6-2-1-3-7-16/h1-11H. The number of hydrogen-bond donors (Lipinski definition) is 0. The second-order valence-corrected chi connectivity index (χ2v) is 5.19. The molecule has 0 saturated heterocycles. The maximum atomic E-state index is 9.51. The largest absolute Gasteiger partial charge is 0.192 e. The number of hydrogen-bond acceptors (Lipinski definition) is 3. The van der Waals surface area contributed by atoms with Crippen LogP contribution in [-0.4, -0.2) is 0 Å².